The molecule has 0 bridgehead atoms. The molecule has 2 aromatic carbocycles. The first-order valence-electron chi connectivity index (χ1n) is 12.6. The average Bonchev–Trinajstić information content (AvgIpc) is 3.51. The third-order valence-electron chi connectivity index (χ3n) is 7.39. The first-order valence-corrected chi connectivity index (χ1v) is 12.6. The van der Waals surface area contributed by atoms with Crippen LogP contribution in [0, 0.1) is 16.0 Å². The molecule has 1 aliphatic heterocycles. The lowest BCUT2D eigenvalue weighted by molar-refractivity contribution is -0.385. The fourth-order valence-corrected chi connectivity index (χ4v) is 5.47. The molecule has 1 aromatic heterocycles. The summed E-state index contributed by atoms with van der Waals surface area (Å²) in [6.07, 6.45) is 5.72. The largest absolute Gasteiger partial charge is 0.502 e. The van der Waals surface area contributed by atoms with Crippen LogP contribution in [0.2, 0.25) is 0 Å². The molecule has 1 saturated carbocycles. The molecule has 2 aliphatic rings. The molecular weight excluding hydrogens is 490 g/mol. The van der Waals surface area contributed by atoms with Crippen LogP contribution in [0.5, 0.6) is 5.75 Å². The maximum absolute atomic E-state index is 13.8. The van der Waals surface area contributed by atoms with Crippen molar-refractivity contribution in [3.8, 4) is 5.75 Å². The summed E-state index contributed by atoms with van der Waals surface area (Å²) in [4.78, 5) is 52.0. The molecule has 5 rings (SSSR count). The van der Waals surface area contributed by atoms with Gasteiger partial charge in [-0.25, -0.2) is 0 Å². The Balaban J connectivity index is 1.45. The number of benzene rings is 2. The fourth-order valence-electron chi connectivity index (χ4n) is 5.47. The first kappa shape index (κ1) is 25.2. The summed E-state index contributed by atoms with van der Waals surface area (Å²) in [5.41, 5.74) is 0.234. The Labute approximate surface area is 218 Å². The van der Waals surface area contributed by atoms with Gasteiger partial charge in [-0.1, -0.05) is 31.0 Å². The summed E-state index contributed by atoms with van der Waals surface area (Å²) >= 11 is 0. The van der Waals surface area contributed by atoms with Gasteiger partial charge in [0.1, 0.15) is 11.8 Å². The maximum Gasteiger partial charge on any atom is 0.310 e. The van der Waals surface area contributed by atoms with Crippen molar-refractivity contribution in [2.75, 3.05) is 0 Å². The zero-order valence-electron chi connectivity index (χ0n) is 20.5. The number of amides is 3. The van der Waals surface area contributed by atoms with Gasteiger partial charge in [-0.15, -0.1) is 0 Å². The molecule has 2 heterocycles. The molecule has 3 aromatic rings. The number of aromatic hydroxyl groups is 1. The van der Waals surface area contributed by atoms with Gasteiger partial charge in [-0.3, -0.25) is 29.4 Å². The van der Waals surface area contributed by atoms with Crippen LogP contribution in [0.15, 0.2) is 65.3 Å². The Morgan fingerprint density at radius 1 is 1.08 bits per heavy atom. The van der Waals surface area contributed by atoms with Gasteiger partial charge in [-0.2, -0.15) is 0 Å². The molecule has 0 saturated heterocycles. The zero-order chi connectivity index (χ0) is 26.8. The van der Waals surface area contributed by atoms with Crippen LogP contribution in [-0.4, -0.2) is 44.7 Å². The summed E-state index contributed by atoms with van der Waals surface area (Å²) in [5.74, 6) is -1.25. The van der Waals surface area contributed by atoms with Crippen molar-refractivity contribution in [3.63, 3.8) is 0 Å². The van der Waals surface area contributed by atoms with E-state index in [0.29, 0.717) is 12.0 Å². The Bertz CT molecular complexity index is 1350. The van der Waals surface area contributed by atoms with E-state index in [0.717, 1.165) is 42.4 Å². The number of nitro groups is 1. The Hall–Kier alpha value is -4.47. The number of rotatable bonds is 8. The van der Waals surface area contributed by atoms with Gasteiger partial charge in [0.15, 0.2) is 5.75 Å². The van der Waals surface area contributed by atoms with Crippen molar-refractivity contribution in [3.05, 3.63) is 93.4 Å². The summed E-state index contributed by atoms with van der Waals surface area (Å²) in [5, 5.41) is 24.3. The third kappa shape index (κ3) is 4.89. The van der Waals surface area contributed by atoms with Crippen molar-refractivity contribution >= 4 is 23.4 Å². The number of phenols is 1. The molecule has 3 amide bonds. The third-order valence-corrected chi connectivity index (χ3v) is 7.39. The highest BCUT2D eigenvalue weighted by Gasteiger charge is 2.43. The van der Waals surface area contributed by atoms with E-state index in [4.69, 9.17) is 4.42 Å². The molecule has 1 aliphatic carbocycles. The number of furan rings is 1. The molecular formula is C28H27N3O7. The van der Waals surface area contributed by atoms with Crippen LogP contribution >= 0.6 is 0 Å². The van der Waals surface area contributed by atoms with E-state index >= 15 is 0 Å². The Morgan fingerprint density at radius 3 is 2.45 bits per heavy atom. The molecule has 0 radical (unpaired) electrons. The predicted molar refractivity (Wildman–Crippen MR) is 135 cm³/mol. The van der Waals surface area contributed by atoms with Gasteiger partial charge < -0.3 is 14.8 Å². The summed E-state index contributed by atoms with van der Waals surface area (Å²) in [6.45, 7) is 0. The number of nitrogens with zero attached hydrogens (tertiary/aromatic N) is 2. The molecule has 10 nitrogen and oxygen atoms in total. The first-order chi connectivity index (χ1) is 18.3. The summed E-state index contributed by atoms with van der Waals surface area (Å²) in [6, 6.07) is 12.4. The smallest absolute Gasteiger partial charge is 0.310 e. The number of imide groups is 1. The lowest BCUT2D eigenvalue weighted by Gasteiger charge is -2.34. The van der Waals surface area contributed by atoms with Crippen LogP contribution < -0.4 is 5.32 Å². The minimum absolute atomic E-state index is 0.122. The van der Waals surface area contributed by atoms with E-state index in [-0.39, 0.29) is 29.5 Å². The number of fused-ring (bicyclic) bond motifs is 1. The van der Waals surface area contributed by atoms with Crippen LogP contribution in [-0.2, 0) is 17.6 Å². The van der Waals surface area contributed by atoms with Crippen LogP contribution in [0.4, 0.5) is 5.69 Å². The molecule has 2 N–H and O–H groups in total. The van der Waals surface area contributed by atoms with Crippen molar-refractivity contribution in [2.24, 2.45) is 5.92 Å². The average molecular weight is 518 g/mol. The minimum Gasteiger partial charge on any atom is -0.502 e. The molecule has 1 fully saturated rings. The number of phenolic OH excluding ortho intramolecular Hbond substituents is 1. The second-order valence-electron chi connectivity index (χ2n) is 9.77. The predicted octanol–water partition coefficient (Wildman–Crippen LogP) is 4.02. The fraction of sp³-hybridized carbons (Fsp3) is 0.321. The normalized spacial score (nSPS) is 19.7. The van der Waals surface area contributed by atoms with Gasteiger partial charge in [0.25, 0.3) is 11.8 Å². The highest BCUT2D eigenvalue weighted by molar-refractivity contribution is 6.22. The summed E-state index contributed by atoms with van der Waals surface area (Å²) in [7, 11) is 0. The highest BCUT2D eigenvalue weighted by Crippen LogP contribution is 2.31. The van der Waals surface area contributed by atoms with Gasteiger partial charge in [0.2, 0.25) is 5.91 Å². The highest BCUT2D eigenvalue weighted by atomic mass is 16.6. The van der Waals surface area contributed by atoms with Crippen molar-refractivity contribution < 1.29 is 28.8 Å². The van der Waals surface area contributed by atoms with Gasteiger partial charge in [0.05, 0.1) is 22.3 Å². The maximum atomic E-state index is 13.8. The quantitative estimate of drug-likeness (QED) is 0.261. The van der Waals surface area contributed by atoms with Crippen molar-refractivity contribution in [2.45, 2.75) is 50.6 Å². The van der Waals surface area contributed by atoms with Crippen LogP contribution in [0.1, 0.15) is 57.7 Å². The molecule has 3 atom stereocenters. The Morgan fingerprint density at radius 2 is 1.79 bits per heavy atom. The van der Waals surface area contributed by atoms with Crippen molar-refractivity contribution in [1.82, 2.24) is 10.2 Å². The lowest BCUT2D eigenvalue weighted by Crippen LogP contribution is -2.54. The van der Waals surface area contributed by atoms with E-state index in [1.807, 2.05) is 12.1 Å². The van der Waals surface area contributed by atoms with E-state index in [9.17, 15) is 29.6 Å². The number of nitro benzene ring substituents is 1. The topological polar surface area (TPSA) is 143 Å². The number of carbonyl (C=O) groups excluding carboxylic acids is 3. The molecule has 0 spiro atoms. The van der Waals surface area contributed by atoms with E-state index < -0.39 is 40.1 Å². The summed E-state index contributed by atoms with van der Waals surface area (Å²) < 4.78 is 5.52. The van der Waals surface area contributed by atoms with Crippen LogP contribution in [0.3, 0.4) is 0 Å². The van der Waals surface area contributed by atoms with E-state index in [2.05, 4.69) is 5.32 Å². The van der Waals surface area contributed by atoms with Crippen molar-refractivity contribution in [1.29, 1.82) is 0 Å². The molecule has 10 heteroatoms. The molecule has 2 unspecified atom stereocenters. The number of hydrogen-bond donors (Lipinski definition) is 2. The number of nitrogens with one attached hydrogen (secondary N) is 1. The minimum atomic E-state index is -1.24. The number of hydrogen-bond acceptors (Lipinski definition) is 7. The van der Waals surface area contributed by atoms with Gasteiger partial charge >= 0.3 is 5.69 Å². The van der Waals surface area contributed by atoms with E-state index in [1.54, 1.807) is 18.4 Å². The molecule has 38 heavy (non-hydrogen) atoms. The second-order valence-corrected chi connectivity index (χ2v) is 9.77. The zero-order valence-corrected chi connectivity index (χ0v) is 20.5. The Kier molecular flexibility index (Phi) is 6.95. The van der Waals surface area contributed by atoms with Gasteiger partial charge in [-0.05, 0) is 54.7 Å². The standard InChI is InChI=1S/C28H27N3O7/c32-25-12-11-17(14-23(25)31(36)37)15-24(30-27(34)20-8-2-3-9-21(20)28(30)35)26(33)29-22-10-4-1-6-18(22)16-19-7-5-13-38-19/h2-3,5,7-9,11-14,18,22,24,32H,1,4,6,10,15-16H2,(H,29,33)/t18?,22?,24-/m1/s1. The lowest BCUT2D eigenvalue weighted by atomic mass is 9.81. The van der Waals surface area contributed by atoms with Crippen LogP contribution in [0.25, 0.3) is 0 Å². The number of carbonyl (C=O) groups is 3. The monoisotopic (exact) mass is 517 g/mol. The van der Waals surface area contributed by atoms with E-state index in [1.165, 1.54) is 24.3 Å². The second kappa shape index (κ2) is 10.5. The SMILES string of the molecule is O=C(NC1CCCCC1Cc1ccco1)[C@@H](Cc1ccc(O)c([N+](=O)[O-])c1)N1C(=O)c2ccccc2C1=O. The van der Waals surface area contributed by atoms with Gasteiger partial charge in [0, 0.05) is 24.9 Å². The molecule has 196 valence electrons.